The number of nitrogen functional groups attached to an aromatic ring is 3. The van der Waals surface area contributed by atoms with Crippen LogP contribution in [0, 0.1) is 0 Å². The number of para-hydroxylation sites is 6. The third-order valence-corrected chi connectivity index (χ3v) is 7.81. The van der Waals surface area contributed by atoms with Crippen molar-refractivity contribution >= 4 is 24.4 Å². The number of benzene rings is 6. The summed E-state index contributed by atoms with van der Waals surface area (Å²) in [5.74, 6) is -4.03. The molecule has 0 radical (unpaired) electrons. The van der Waals surface area contributed by atoms with Crippen LogP contribution >= 0.6 is 0 Å². The minimum Gasteiger partial charge on any atom is -0.486 e. The Bertz CT molecular complexity index is 2150. The number of hydrogen-bond donors (Lipinski definition) is 3. The molecule has 0 unspecified atom stereocenters. The standard InChI is InChI=1S/C39H27BF9N3O6/c41-37(42,43)25-16-13-22(50)19-34(25)53-28-7-1-4-10-31(28)56-40(57-32-11-5-2-8-29(32)54-35-20-23(51)14-17-26(35)38(44,45)46)58-33-12-6-3-9-30(33)55-36-21-24(52)15-18-27(36)39(47,48)49/h1-21H,50-52H2. The first-order chi connectivity index (χ1) is 27.3. The molecule has 0 fully saturated rings. The second kappa shape index (κ2) is 16.2. The van der Waals surface area contributed by atoms with Crippen LogP contribution in [0.3, 0.4) is 0 Å². The summed E-state index contributed by atoms with van der Waals surface area (Å²) >= 11 is 0. The first-order valence-corrected chi connectivity index (χ1v) is 16.6. The van der Waals surface area contributed by atoms with Gasteiger partial charge in [0.25, 0.3) is 0 Å². The minimum absolute atomic E-state index is 0.0677. The summed E-state index contributed by atoms with van der Waals surface area (Å²) < 4.78 is 160. The molecular formula is C39H27BF9N3O6. The van der Waals surface area contributed by atoms with Gasteiger partial charge in [-0.2, -0.15) is 39.5 Å². The predicted octanol–water partition coefficient (Wildman–Crippen LogP) is 11.4. The molecule has 0 aromatic heterocycles. The molecule has 19 heteroatoms. The van der Waals surface area contributed by atoms with E-state index in [0.717, 1.165) is 36.4 Å². The highest BCUT2D eigenvalue weighted by Gasteiger charge is 2.39. The lowest BCUT2D eigenvalue weighted by molar-refractivity contribution is -0.139. The number of ether oxygens (including phenoxy) is 3. The Hall–Kier alpha value is -7.05. The second-order valence-corrected chi connectivity index (χ2v) is 12.0. The number of hydrogen-bond acceptors (Lipinski definition) is 9. The summed E-state index contributed by atoms with van der Waals surface area (Å²) in [6, 6.07) is 23.9. The molecule has 6 aromatic carbocycles. The zero-order chi connectivity index (χ0) is 41.8. The Morgan fingerprint density at radius 2 is 0.569 bits per heavy atom. The van der Waals surface area contributed by atoms with Crippen LogP contribution < -0.4 is 45.4 Å². The number of rotatable bonds is 12. The van der Waals surface area contributed by atoms with E-state index in [-0.39, 0.29) is 51.6 Å². The number of halogens is 9. The van der Waals surface area contributed by atoms with Crippen LogP contribution in [-0.4, -0.2) is 7.32 Å². The van der Waals surface area contributed by atoms with Gasteiger partial charge in [0, 0.05) is 35.3 Å². The van der Waals surface area contributed by atoms with Gasteiger partial charge in [0.05, 0.1) is 16.7 Å². The maximum atomic E-state index is 13.9. The van der Waals surface area contributed by atoms with Gasteiger partial charge in [0.1, 0.15) is 34.5 Å². The van der Waals surface area contributed by atoms with Crippen molar-refractivity contribution in [3.63, 3.8) is 0 Å². The fraction of sp³-hybridized carbons (Fsp3) is 0.0769. The van der Waals surface area contributed by atoms with Gasteiger partial charge in [0.2, 0.25) is 0 Å². The fourth-order valence-electron chi connectivity index (χ4n) is 5.21. The zero-order valence-corrected chi connectivity index (χ0v) is 29.3. The number of anilines is 3. The lowest BCUT2D eigenvalue weighted by atomic mass is 10.1. The molecule has 0 amide bonds. The van der Waals surface area contributed by atoms with E-state index in [1.807, 2.05) is 0 Å². The number of alkyl halides is 9. The molecule has 0 aliphatic carbocycles. The van der Waals surface area contributed by atoms with Gasteiger partial charge in [0.15, 0.2) is 17.2 Å². The Balaban J connectivity index is 1.41. The molecule has 9 nitrogen and oxygen atoms in total. The van der Waals surface area contributed by atoms with Crippen LogP contribution in [0.2, 0.25) is 0 Å². The average molecular weight is 815 g/mol. The maximum absolute atomic E-state index is 13.9. The molecule has 0 spiro atoms. The molecule has 6 rings (SSSR count). The van der Waals surface area contributed by atoms with Crippen LogP contribution in [0.25, 0.3) is 0 Å². The summed E-state index contributed by atoms with van der Waals surface area (Å²) in [7, 11) is -2.06. The smallest absolute Gasteiger partial charge is 0.486 e. The molecule has 0 aliphatic rings. The first kappa shape index (κ1) is 40.6. The molecule has 6 aromatic rings. The van der Waals surface area contributed by atoms with Crippen LogP contribution in [-0.2, 0) is 18.5 Å². The van der Waals surface area contributed by atoms with Crippen LogP contribution in [0.1, 0.15) is 16.7 Å². The number of nitrogens with two attached hydrogens (primary N) is 3. The van der Waals surface area contributed by atoms with Crippen molar-refractivity contribution in [1.29, 1.82) is 0 Å². The van der Waals surface area contributed by atoms with E-state index in [9.17, 15) is 39.5 Å². The molecule has 0 atom stereocenters. The van der Waals surface area contributed by atoms with Crippen LogP contribution in [0.15, 0.2) is 127 Å². The maximum Gasteiger partial charge on any atom is 0.864 e. The molecule has 300 valence electrons. The minimum atomic E-state index is -4.87. The van der Waals surface area contributed by atoms with Crippen molar-refractivity contribution in [1.82, 2.24) is 0 Å². The zero-order valence-electron chi connectivity index (χ0n) is 29.3. The Morgan fingerprint density at radius 1 is 0.328 bits per heavy atom. The van der Waals surface area contributed by atoms with E-state index in [1.54, 1.807) is 0 Å². The Morgan fingerprint density at radius 3 is 0.810 bits per heavy atom. The van der Waals surface area contributed by atoms with Gasteiger partial charge < -0.3 is 45.4 Å². The predicted molar refractivity (Wildman–Crippen MR) is 195 cm³/mol. The van der Waals surface area contributed by atoms with Crippen molar-refractivity contribution in [2.24, 2.45) is 0 Å². The van der Waals surface area contributed by atoms with E-state index in [2.05, 4.69) is 0 Å². The Kier molecular flexibility index (Phi) is 11.3. The molecule has 0 saturated carbocycles. The van der Waals surface area contributed by atoms with Gasteiger partial charge in [-0.25, -0.2) is 0 Å². The normalized spacial score (nSPS) is 11.7. The molecule has 0 heterocycles. The lowest BCUT2D eigenvalue weighted by Crippen LogP contribution is -2.37. The van der Waals surface area contributed by atoms with Gasteiger partial charge in [-0.15, -0.1) is 0 Å². The highest BCUT2D eigenvalue weighted by molar-refractivity contribution is 6.39. The van der Waals surface area contributed by atoms with E-state index < -0.39 is 59.8 Å². The quantitative estimate of drug-likeness (QED) is 0.0627. The van der Waals surface area contributed by atoms with E-state index >= 15 is 0 Å². The SMILES string of the molecule is Nc1ccc(C(F)(F)F)c(Oc2ccccc2OB(Oc2ccccc2Oc2cc(N)ccc2C(F)(F)F)Oc2ccccc2Oc2cc(N)ccc2C(F)(F)F)c1. The van der Waals surface area contributed by atoms with Gasteiger partial charge in [-0.3, -0.25) is 0 Å². The summed E-state index contributed by atoms with van der Waals surface area (Å²) in [6.07, 6.45) is -14.6. The van der Waals surface area contributed by atoms with Crippen molar-refractivity contribution in [3.05, 3.63) is 144 Å². The topological polar surface area (TPSA) is 133 Å². The van der Waals surface area contributed by atoms with Gasteiger partial charge >= 0.3 is 25.9 Å². The molecular weight excluding hydrogens is 788 g/mol. The molecule has 58 heavy (non-hydrogen) atoms. The third kappa shape index (κ3) is 9.84. The molecule has 0 bridgehead atoms. The van der Waals surface area contributed by atoms with Crippen LogP contribution in [0.5, 0.6) is 51.7 Å². The largest absolute Gasteiger partial charge is 0.864 e. The highest BCUT2D eigenvalue weighted by Crippen LogP contribution is 2.45. The summed E-state index contributed by atoms with van der Waals surface area (Å²) in [4.78, 5) is 0. The van der Waals surface area contributed by atoms with Crippen molar-refractivity contribution in [2.45, 2.75) is 18.5 Å². The fourth-order valence-corrected chi connectivity index (χ4v) is 5.21. The second-order valence-electron chi connectivity index (χ2n) is 12.0. The Labute approximate surface area is 323 Å². The summed E-state index contributed by atoms with van der Waals surface area (Å²) in [5, 5.41) is 0. The van der Waals surface area contributed by atoms with Crippen molar-refractivity contribution in [2.75, 3.05) is 17.2 Å². The van der Waals surface area contributed by atoms with E-state index in [0.29, 0.717) is 18.2 Å². The van der Waals surface area contributed by atoms with Gasteiger partial charge in [-0.1, -0.05) is 36.4 Å². The lowest BCUT2D eigenvalue weighted by Gasteiger charge is -2.22. The third-order valence-electron chi connectivity index (χ3n) is 7.81. The molecule has 0 aliphatic heterocycles. The summed E-state index contributed by atoms with van der Waals surface area (Å²) in [6.45, 7) is 0. The van der Waals surface area contributed by atoms with E-state index in [1.165, 1.54) is 72.8 Å². The van der Waals surface area contributed by atoms with Crippen LogP contribution in [0.4, 0.5) is 56.6 Å². The van der Waals surface area contributed by atoms with Gasteiger partial charge in [-0.05, 0) is 72.8 Å². The molecule has 0 saturated heterocycles. The van der Waals surface area contributed by atoms with Crippen molar-refractivity contribution in [3.8, 4) is 51.7 Å². The highest BCUT2D eigenvalue weighted by atomic mass is 19.4. The first-order valence-electron chi connectivity index (χ1n) is 16.6. The monoisotopic (exact) mass is 815 g/mol. The van der Waals surface area contributed by atoms with Crippen molar-refractivity contribution < 1.29 is 67.7 Å². The molecule has 6 N–H and O–H groups in total. The summed E-state index contributed by atoms with van der Waals surface area (Å²) in [5.41, 5.74) is 13.5. The van der Waals surface area contributed by atoms with E-state index in [4.69, 9.17) is 45.4 Å². The average Bonchev–Trinajstić information content (AvgIpc) is 3.12.